The molecule has 0 radical (unpaired) electrons. The molecule has 3 heterocycles. The van der Waals surface area contributed by atoms with Gasteiger partial charge in [-0.05, 0) is 12.1 Å². The molecule has 1 amide bonds. The van der Waals surface area contributed by atoms with Gasteiger partial charge in [0, 0.05) is 25.5 Å². The van der Waals surface area contributed by atoms with Gasteiger partial charge in [-0.2, -0.15) is 0 Å². The van der Waals surface area contributed by atoms with Crippen molar-refractivity contribution < 1.29 is 4.79 Å². The number of carbonyl (C=O) groups is 1. The van der Waals surface area contributed by atoms with Crippen LogP contribution in [0, 0.1) is 0 Å². The standard InChI is InChI=1S/C12H14N6O/c13-16-10-3-1-2-9(15-10)12(19)18-7-6-17-5-4-14-11(17)8-18/h1-5H,6-8,13H2,(H,15,16). The lowest BCUT2D eigenvalue weighted by Gasteiger charge is -2.27. The number of fused-ring (bicyclic) bond motifs is 1. The number of aromatic nitrogens is 3. The number of anilines is 1. The fourth-order valence-corrected chi connectivity index (χ4v) is 2.14. The molecule has 0 bridgehead atoms. The molecule has 0 saturated heterocycles. The van der Waals surface area contributed by atoms with Gasteiger partial charge in [0.15, 0.2) is 0 Å². The lowest BCUT2D eigenvalue weighted by Crippen LogP contribution is -2.38. The smallest absolute Gasteiger partial charge is 0.273 e. The molecule has 3 rings (SSSR count). The van der Waals surface area contributed by atoms with E-state index in [1.807, 2.05) is 6.20 Å². The summed E-state index contributed by atoms with van der Waals surface area (Å²) in [5, 5.41) is 0. The number of amides is 1. The van der Waals surface area contributed by atoms with Crippen molar-refractivity contribution >= 4 is 11.7 Å². The number of hydrogen-bond acceptors (Lipinski definition) is 5. The van der Waals surface area contributed by atoms with Crippen LogP contribution in [0.3, 0.4) is 0 Å². The number of pyridine rings is 1. The lowest BCUT2D eigenvalue weighted by molar-refractivity contribution is 0.0701. The Labute approximate surface area is 110 Å². The second-order valence-corrected chi connectivity index (χ2v) is 4.32. The van der Waals surface area contributed by atoms with Gasteiger partial charge in [0.25, 0.3) is 5.91 Å². The van der Waals surface area contributed by atoms with Crippen LogP contribution in [0.4, 0.5) is 5.82 Å². The molecule has 1 aliphatic rings. The summed E-state index contributed by atoms with van der Waals surface area (Å²) in [6.07, 6.45) is 3.68. The van der Waals surface area contributed by atoms with Gasteiger partial charge in [0.05, 0.1) is 6.54 Å². The summed E-state index contributed by atoms with van der Waals surface area (Å²) < 4.78 is 2.05. The van der Waals surface area contributed by atoms with Gasteiger partial charge < -0.3 is 14.9 Å². The van der Waals surface area contributed by atoms with Crippen LogP contribution in [-0.2, 0) is 13.1 Å². The Morgan fingerprint density at radius 2 is 2.26 bits per heavy atom. The summed E-state index contributed by atoms with van der Waals surface area (Å²) in [5.41, 5.74) is 2.82. The van der Waals surface area contributed by atoms with E-state index in [-0.39, 0.29) is 5.91 Å². The molecule has 0 atom stereocenters. The van der Waals surface area contributed by atoms with E-state index >= 15 is 0 Å². The average molecular weight is 258 g/mol. The number of carbonyl (C=O) groups excluding carboxylic acids is 1. The third kappa shape index (κ3) is 2.15. The Morgan fingerprint density at radius 3 is 3.11 bits per heavy atom. The highest BCUT2D eigenvalue weighted by atomic mass is 16.2. The normalized spacial score (nSPS) is 14.1. The molecule has 1 aliphatic heterocycles. The summed E-state index contributed by atoms with van der Waals surface area (Å²) in [6, 6.07) is 5.14. The summed E-state index contributed by atoms with van der Waals surface area (Å²) in [4.78, 5) is 22.5. The van der Waals surface area contributed by atoms with Gasteiger partial charge in [-0.15, -0.1) is 0 Å². The van der Waals surface area contributed by atoms with Crippen LogP contribution in [0.25, 0.3) is 0 Å². The molecule has 0 spiro atoms. The molecule has 7 heteroatoms. The predicted octanol–water partition coefficient (Wildman–Crippen LogP) is 0.220. The summed E-state index contributed by atoms with van der Waals surface area (Å²) in [5.74, 6) is 6.56. The Kier molecular flexibility index (Phi) is 2.88. The largest absolute Gasteiger partial charge is 0.332 e. The average Bonchev–Trinajstić information content (AvgIpc) is 2.94. The Morgan fingerprint density at radius 1 is 1.37 bits per heavy atom. The zero-order valence-electron chi connectivity index (χ0n) is 10.3. The van der Waals surface area contributed by atoms with Crippen LogP contribution in [0.2, 0.25) is 0 Å². The first-order valence-corrected chi connectivity index (χ1v) is 6.01. The van der Waals surface area contributed by atoms with Crippen molar-refractivity contribution in [1.82, 2.24) is 19.4 Å². The van der Waals surface area contributed by atoms with Gasteiger partial charge in [-0.1, -0.05) is 6.07 Å². The van der Waals surface area contributed by atoms with Crippen LogP contribution in [0.15, 0.2) is 30.6 Å². The van der Waals surface area contributed by atoms with Crippen LogP contribution in [0.5, 0.6) is 0 Å². The van der Waals surface area contributed by atoms with Crippen LogP contribution in [-0.4, -0.2) is 31.9 Å². The lowest BCUT2D eigenvalue weighted by atomic mass is 10.2. The molecule has 2 aromatic heterocycles. The third-order valence-corrected chi connectivity index (χ3v) is 3.15. The molecule has 0 aromatic carbocycles. The maximum absolute atomic E-state index is 12.4. The minimum Gasteiger partial charge on any atom is -0.332 e. The molecule has 7 nitrogen and oxygen atoms in total. The van der Waals surface area contributed by atoms with Crippen molar-refractivity contribution in [3.05, 3.63) is 42.1 Å². The molecular formula is C12H14N6O. The summed E-state index contributed by atoms with van der Waals surface area (Å²) >= 11 is 0. The highest BCUT2D eigenvalue weighted by Gasteiger charge is 2.23. The Hall–Kier alpha value is -2.41. The predicted molar refractivity (Wildman–Crippen MR) is 69.0 cm³/mol. The topological polar surface area (TPSA) is 89.1 Å². The van der Waals surface area contributed by atoms with Crippen molar-refractivity contribution in [3.8, 4) is 0 Å². The van der Waals surface area contributed by atoms with E-state index in [1.54, 1.807) is 29.3 Å². The van der Waals surface area contributed by atoms with Crippen molar-refractivity contribution in [2.45, 2.75) is 13.1 Å². The van der Waals surface area contributed by atoms with E-state index in [1.165, 1.54) is 0 Å². The quantitative estimate of drug-likeness (QED) is 0.594. The zero-order valence-corrected chi connectivity index (χ0v) is 10.3. The molecule has 0 unspecified atom stereocenters. The fourth-order valence-electron chi connectivity index (χ4n) is 2.14. The number of imidazole rings is 1. The molecule has 98 valence electrons. The van der Waals surface area contributed by atoms with E-state index in [4.69, 9.17) is 5.84 Å². The number of rotatable bonds is 2. The SMILES string of the molecule is NNc1cccc(C(=O)N2CCn3ccnc3C2)n1. The Balaban J connectivity index is 1.81. The number of hydrazine groups is 1. The minimum atomic E-state index is -0.105. The first kappa shape index (κ1) is 11.7. The molecule has 0 aliphatic carbocycles. The minimum absolute atomic E-state index is 0.105. The van der Waals surface area contributed by atoms with Crippen LogP contribution in [0.1, 0.15) is 16.3 Å². The first-order chi connectivity index (χ1) is 9.28. The van der Waals surface area contributed by atoms with Crippen LogP contribution < -0.4 is 11.3 Å². The van der Waals surface area contributed by atoms with Gasteiger partial charge in [-0.3, -0.25) is 4.79 Å². The number of nitrogen functional groups attached to an aromatic ring is 1. The van der Waals surface area contributed by atoms with Crippen molar-refractivity contribution in [2.24, 2.45) is 5.84 Å². The second kappa shape index (κ2) is 4.69. The Bertz CT molecular complexity index is 608. The molecule has 19 heavy (non-hydrogen) atoms. The molecule has 2 aromatic rings. The number of hydrogen-bond donors (Lipinski definition) is 2. The van der Waals surface area contributed by atoms with Crippen molar-refractivity contribution in [2.75, 3.05) is 12.0 Å². The second-order valence-electron chi connectivity index (χ2n) is 4.32. The van der Waals surface area contributed by atoms with Gasteiger partial charge >= 0.3 is 0 Å². The molecule has 0 saturated carbocycles. The van der Waals surface area contributed by atoms with E-state index in [0.717, 1.165) is 12.4 Å². The van der Waals surface area contributed by atoms with Crippen molar-refractivity contribution in [3.63, 3.8) is 0 Å². The number of nitrogens with one attached hydrogen (secondary N) is 1. The van der Waals surface area contributed by atoms with Crippen LogP contribution >= 0.6 is 0 Å². The number of nitrogens with zero attached hydrogens (tertiary/aromatic N) is 4. The summed E-state index contributed by atoms with van der Waals surface area (Å²) in [7, 11) is 0. The fraction of sp³-hybridized carbons (Fsp3) is 0.250. The first-order valence-electron chi connectivity index (χ1n) is 6.01. The molecular weight excluding hydrogens is 244 g/mol. The van der Waals surface area contributed by atoms with E-state index in [0.29, 0.717) is 24.6 Å². The molecule has 0 fully saturated rings. The van der Waals surface area contributed by atoms with Gasteiger partial charge in [0.2, 0.25) is 0 Å². The highest BCUT2D eigenvalue weighted by molar-refractivity contribution is 5.92. The van der Waals surface area contributed by atoms with Gasteiger partial charge in [0.1, 0.15) is 17.3 Å². The molecule has 3 N–H and O–H groups in total. The monoisotopic (exact) mass is 258 g/mol. The van der Waals surface area contributed by atoms with E-state index < -0.39 is 0 Å². The maximum Gasteiger partial charge on any atom is 0.273 e. The van der Waals surface area contributed by atoms with E-state index in [9.17, 15) is 4.79 Å². The highest BCUT2D eigenvalue weighted by Crippen LogP contribution is 2.14. The van der Waals surface area contributed by atoms with E-state index in [2.05, 4.69) is 20.0 Å². The zero-order chi connectivity index (χ0) is 13.2. The third-order valence-electron chi connectivity index (χ3n) is 3.15. The summed E-state index contributed by atoms with van der Waals surface area (Å²) in [6.45, 7) is 1.92. The maximum atomic E-state index is 12.4. The number of nitrogens with two attached hydrogens (primary N) is 1. The van der Waals surface area contributed by atoms with Crippen molar-refractivity contribution in [1.29, 1.82) is 0 Å². The van der Waals surface area contributed by atoms with Gasteiger partial charge in [-0.25, -0.2) is 15.8 Å².